The fourth-order valence-corrected chi connectivity index (χ4v) is 4.21. The van der Waals surface area contributed by atoms with Gasteiger partial charge < -0.3 is 9.72 Å². The molecule has 2 aromatic carbocycles. The SMILES string of the molecule is CC(C)(C)OC(=O)[C@@H]1N=C[C@](C)([N+](=O)[O-])[C@H]1c1c(-c2ccccc2)[nH]c2ccccc12. The van der Waals surface area contributed by atoms with Crippen molar-refractivity contribution < 1.29 is 14.5 Å². The van der Waals surface area contributed by atoms with Crippen molar-refractivity contribution in [3.05, 3.63) is 70.3 Å². The molecule has 7 nitrogen and oxygen atoms in total. The lowest BCUT2D eigenvalue weighted by Crippen LogP contribution is -2.45. The summed E-state index contributed by atoms with van der Waals surface area (Å²) in [5, 5.41) is 13.1. The number of aromatic nitrogens is 1. The highest BCUT2D eigenvalue weighted by atomic mass is 16.6. The lowest BCUT2D eigenvalue weighted by atomic mass is 9.77. The summed E-state index contributed by atoms with van der Waals surface area (Å²) in [6.07, 6.45) is 1.29. The third-order valence-corrected chi connectivity index (χ3v) is 5.60. The number of H-pyrrole nitrogens is 1. The second kappa shape index (κ2) is 7.34. The van der Waals surface area contributed by atoms with E-state index in [0.717, 1.165) is 22.2 Å². The summed E-state index contributed by atoms with van der Waals surface area (Å²) in [4.78, 5) is 32.7. The highest BCUT2D eigenvalue weighted by Crippen LogP contribution is 2.46. The summed E-state index contributed by atoms with van der Waals surface area (Å²) >= 11 is 0. The number of para-hydroxylation sites is 1. The zero-order chi connectivity index (χ0) is 22.4. The number of aliphatic imine (C=N–C) groups is 1. The minimum Gasteiger partial charge on any atom is -0.458 e. The van der Waals surface area contributed by atoms with Gasteiger partial charge in [0.15, 0.2) is 6.04 Å². The fraction of sp³-hybridized carbons (Fsp3) is 0.333. The van der Waals surface area contributed by atoms with E-state index in [1.54, 1.807) is 20.8 Å². The zero-order valence-corrected chi connectivity index (χ0v) is 18.0. The van der Waals surface area contributed by atoms with Crippen LogP contribution in [0.25, 0.3) is 22.2 Å². The zero-order valence-electron chi connectivity index (χ0n) is 18.0. The number of benzene rings is 2. The number of ether oxygens (including phenoxy) is 1. The van der Waals surface area contributed by atoms with E-state index in [2.05, 4.69) is 9.98 Å². The second-order valence-corrected chi connectivity index (χ2v) is 9.04. The van der Waals surface area contributed by atoms with Gasteiger partial charge in [0, 0.05) is 22.7 Å². The number of nitrogens with one attached hydrogen (secondary N) is 1. The van der Waals surface area contributed by atoms with E-state index in [1.807, 2.05) is 54.6 Å². The number of fused-ring (bicyclic) bond motifs is 1. The van der Waals surface area contributed by atoms with Crippen LogP contribution in [-0.4, -0.2) is 39.3 Å². The molecule has 1 aliphatic heterocycles. The molecular weight excluding hydrogens is 394 g/mol. The first-order valence-electron chi connectivity index (χ1n) is 10.2. The summed E-state index contributed by atoms with van der Waals surface area (Å²) in [7, 11) is 0. The Hall–Kier alpha value is -3.48. The maximum atomic E-state index is 13.1. The summed E-state index contributed by atoms with van der Waals surface area (Å²) in [6.45, 7) is 6.83. The van der Waals surface area contributed by atoms with Gasteiger partial charge in [0.2, 0.25) is 0 Å². The Balaban J connectivity index is 1.96. The van der Waals surface area contributed by atoms with Crippen molar-refractivity contribution in [1.29, 1.82) is 0 Å². The van der Waals surface area contributed by atoms with Crippen LogP contribution in [0.2, 0.25) is 0 Å². The minimum atomic E-state index is -1.56. The van der Waals surface area contributed by atoms with Crippen LogP contribution in [-0.2, 0) is 9.53 Å². The predicted octanol–water partition coefficient (Wildman–Crippen LogP) is 4.75. The van der Waals surface area contributed by atoms with Crippen LogP contribution in [0.15, 0.2) is 59.6 Å². The highest BCUT2D eigenvalue weighted by molar-refractivity contribution is 5.96. The fourth-order valence-electron chi connectivity index (χ4n) is 4.21. The molecule has 1 aliphatic rings. The second-order valence-electron chi connectivity index (χ2n) is 9.04. The molecule has 0 bridgehead atoms. The molecule has 7 heteroatoms. The number of rotatable bonds is 4. The Bertz CT molecular complexity index is 1180. The molecule has 2 heterocycles. The Morgan fingerprint density at radius 1 is 1.13 bits per heavy atom. The van der Waals surface area contributed by atoms with E-state index in [-0.39, 0.29) is 4.92 Å². The number of carbonyl (C=O) groups is 1. The van der Waals surface area contributed by atoms with Crippen molar-refractivity contribution in [3.63, 3.8) is 0 Å². The van der Waals surface area contributed by atoms with Crippen LogP contribution in [0.4, 0.5) is 0 Å². The van der Waals surface area contributed by atoms with Crippen molar-refractivity contribution in [2.75, 3.05) is 0 Å². The van der Waals surface area contributed by atoms with Gasteiger partial charge in [-0.3, -0.25) is 15.1 Å². The molecule has 1 N–H and O–H groups in total. The van der Waals surface area contributed by atoms with Crippen LogP contribution in [0, 0.1) is 10.1 Å². The van der Waals surface area contributed by atoms with Crippen molar-refractivity contribution >= 4 is 23.1 Å². The largest absolute Gasteiger partial charge is 0.458 e. The number of carbonyl (C=O) groups excluding carboxylic acids is 1. The Morgan fingerprint density at radius 3 is 2.42 bits per heavy atom. The number of nitro groups is 1. The molecule has 4 rings (SSSR count). The third kappa shape index (κ3) is 3.60. The molecular formula is C24H25N3O4. The molecule has 0 spiro atoms. The van der Waals surface area contributed by atoms with Crippen molar-refractivity contribution in [2.24, 2.45) is 4.99 Å². The first-order chi connectivity index (χ1) is 14.6. The van der Waals surface area contributed by atoms with Gasteiger partial charge in [-0.2, -0.15) is 0 Å². The monoisotopic (exact) mass is 419 g/mol. The van der Waals surface area contributed by atoms with E-state index >= 15 is 0 Å². The number of aromatic amines is 1. The maximum absolute atomic E-state index is 13.1. The molecule has 0 saturated carbocycles. The Kier molecular flexibility index (Phi) is 4.92. The lowest BCUT2D eigenvalue weighted by molar-refractivity contribution is -0.544. The van der Waals surface area contributed by atoms with Gasteiger partial charge in [0.05, 0.1) is 17.8 Å². The standard InChI is InChI=1S/C24H25N3O4/c1-23(2,3)31-22(28)21-19(24(4,14-25-21)27(29)30)18-16-12-8-9-13-17(16)26-20(18)15-10-6-5-7-11-15/h5-14,19,21,26H,1-4H3/t19-,21+,24-/m0/s1. The molecule has 3 aromatic rings. The summed E-state index contributed by atoms with van der Waals surface area (Å²) in [5.41, 5.74) is 0.892. The van der Waals surface area contributed by atoms with E-state index in [9.17, 15) is 14.9 Å². The lowest BCUT2D eigenvalue weighted by Gasteiger charge is -2.28. The molecule has 0 radical (unpaired) electrons. The molecule has 0 amide bonds. The molecule has 31 heavy (non-hydrogen) atoms. The average Bonchev–Trinajstić information content (AvgIpc) is 3.26. The van der Waals surface area contributed by atoms with Crippen LogP contribution in [0.1, 0.15) is 39.2 Å². The third-order valence-electron chi connectivity index (χ3n) is 5.60. The number of hydrogen-bond donors (Lipinski definition) is 1. The van der Waals surface area contributed by atoms with Crippen molar-refractivity contribution in [3.8, 4) is 11.3 Å². The highest BCUT2D eigenvalue weighted by Gasteiger charge is 2.57. The predicted molar refractivity (Wildman–Crippen MR) is 120 cm³/mol. The van der Waals surface area contributed by atoms with E-state index in [1.165, 1.54) is 13.1 Å². The smallest absolute Gasteiger partial charge is 0.332 e. The maximum Gasteiger partial charge on any atom is 0.332 e. The molecule has 1 aromatic heterocycles. The molecule has 3 atom stereocenters. The quantitative estimate of drug-likeness (QED) is 0.375. The Labute approximate surface area is 180 Å². The minimum absolute atomic E-state index is 0.359. The summed E-state index contributed by atoms with van der Waals surface area (Å²) < 4.78 is 5.60. The first kappa shape index (κ1) is 20.8. The van der Waals surface area contributed by atoms with E-state index in [4.69, 9.17) is 4.74 Å². The van der Waals surface area contributed by atoms with Crippen LogP contribution in [0.3, 0.4) is 0 Å². The molecule has 0 aliphatic carbocycles. The van der Waals surface area contributed by atoms with Crippen LogP contribution in [0.5, 0.6) is 0 Å². The van der Waals surface area contributed by atoms with Crippen LogP contribution < -0.4 is 0 Å². The van der Waals surface area contributed by atoms with Crippen molar-refractivity contribution in [1.82, 2.24) is 4.98 Å². The van der Waals surface area contributed by atoms with E-state index in [0.29, 0.717) is 5.56 Å². The topological polar surface area (TPSA) is 97.6 Å². The number of esters is 1. The number of nitrogens with zero attached hydrogens (tertiary/aromatic N) is 2. The van der Waals surface area contributed by atoms with Gasteiger partial charge in [0.25, 0.3) is 5.54 Å². The average molecular weight is 419 g/mol. The molecule has 160 valence electrons. The van der Waals surface area contributed by atoms with Gasteiger partial charge in [-0.25, -0.2) is 4.79 Å². The van der Waals surface area contributed by atoms with Gasteiger partial charge in [-0.05, 0) is 38.0 Å². The van der Waals surface area contributed by atoms with Gasteiger partial charge >= 0.3 is 5.97 Å². The molecule has 0 unspecified atom stereocenters. The van der Waals surface area contributed by atoms with Gasteiger partial charge in [0.1, 0.15) is 5.60 Å². The molecule has 0 fully saturated rings. The summed E-state index contributed by atoms with van der Waals surface area (Å²) in [5.74, 6) is -1.40. The molecule has 0 saturated heterocycles. The summed E-state index contributed by atoms with van der Waals surface area (Å²) in [6, 6.07) is 16.2. The number of hydrogen-bond acceptors (Lipinski definition) is 5. The van der Waals surface area contributed by atoms with E-state index < -0.39 is 29.1 Å². The normalized spacial score (nSPS) is 23.2. The van der Waals surface area contributed by atoms with Gasteiger partial charge in [-0.1, -0.05) is 48.5 Å². The van der Waals surface area contributed by atoms with Gasteiger partial charge in [-0.15, -0.1) is 0 Å². The first-order valence-corrected chi connectivity index (χ1v) is 10.2. The van der Waals surface area contributed by atoms with Crippen molar-refractivity contribution in [2.45, 2.75) is 50.8 Å². The van der Waals surface area contributed by atoms with Crippen LogP contribution >= 0.6 is 0 Å². The Morgan fingerprint density at radius 2 is 1.77 bits per heavy atom.